The summed E-state index contributed by atoms with van der Waals surface area (Å²) in [4.78, 5) is 19.4. The molecular weight excluding hydrogens is 350 g/mol. The quantitative estimate of drug-likeness (QED) is 0.260. The van der Waals surface area contributed by atoms with E-state index >= 15 is 0 Å². The van der Waals surface area contributed by atoms with Gasteiger partial charge in [0.1, 0.15) is 0 Å². The molecule has 0 amide bonds. The number of rotatable bonds is 7. The second-order valence-corrected chi connectivity index (χ2v) is 6.33. The van der Waals surface area contributed by atoms with Crippen molar-refractivity contribution in [1.82, 2.24) is 9.97 Å². The second-order valence-electron chi connectivity index (χ2n) is 5.39. The minimum atomic E-state index is -0.405. The Labute approximate surface area is 155 Å². The maximum atomic E-state index is 10.7. The summed E-state index contributed by atoms with van der Waals surface area (Å²) in [5.41, 5.74) is 2.84. The average molecular weight is 367 g/mol. The molecule has 1 aromatic heterocycles. The summed E-state index contributed by atoms with van der Waals surface area (Å²) in [6.45, 7) is 2.44. The van der Waals surface area contributed by atoms with E-state index in [4.69, 9.17) is 4.74 Å². The van der Waals surface area contributed by atoms with E-state index in [1.54, 1.807) is 12.1 Å². The third-order valence-corrected chi connectivity index (χ3v) is 4.48. The van der Waals surface area contributed by atoms with E-state index in [1.807, 2.05) is 43.3 Å². The molecule has 6 nitrogen and oxygen atoms in total. The Kier molecular flexibility index (Phi) is 5.80. The molecule has 0 unspecified atom stereocenters. The summed E-state index contributed by atoms with van der Waals surface area (Å²) < 4.78 is 5.56. The topological polar surface area (TPSA) is 78.2 Å². The Morgan fingerprint density at radius 3 is 2.46 bits per heavy atom. The van der Waals surface area contributed by atoms with E-state index in [-0.39, 0.29) is 5.69 Å². The first-order valence-corrected chi connectivity index (χ1v) is 9.07. The molecule has 0 radical (unpaired) electrons. The molecule has 7 heteroatoms. The van der Waals surface area contributed by atoms with Crippen molar-refractivity contribution in [2.75, 3.05) is 6.61 Å². The lowest BCUT2D eigenvalue weighted by atomic mass is 10.1. The van der Waals surface area contributed by atoms with Gasteiger partial charge in [0.15, 0.2) is 5.16 Å². The van der Waals surface area contributed by atoms with Gasteiger partial charge in [-0.2, -0.15) is 4.98 Å². The maximum absolute atomic E-state index is 10.7. The van der Waals surface area contributed by atoms with Crippen molar-refractivity contribution in [2.45, 2.75) is 17.8 Å². The monoisotopic (exact) mass is 367 g/mol. The highest BCUT2D eigenvalue weighted by Gasteiger charge is 2.09. The molecule has 1 heterocycles. The summed E-state index contributed by atoms with van der Waals surface area (Å²) in [5, 5.41) is 11.3. The Morgan fingerprint density at radius 1 is 1.08 bits per heavy atom. The molecule has 26 heavy (non-hydrogen) atoms. The first-order chi connectivity index (χ1) is 12.7. The smallest absolute Gasteiger partial charge is 0.269 e. The second kappa shape index (κ2) is 8.44. The summed E-state index contributed by atoms with van der Waals surface area (Å²) in [7, 11) is 0. The number of nitro groups is 1. The molecule has 0 fully saturated rings. The van der Waals surface area contributed by atoms with Crippen LogP contribution in [0.25, 0.3) is 11.3 Å². The number of hydrogen-bond donors (Lipinski definition) is 0. The van der Waals surface area contributed by atoms with Gasteiger partial charge in [0.05, 0.1) is 17.2 Å². The zero-order valence-electron chi connectivity index (χ0n) is 14.2. The third-order valence-electron chi connectivity index (χ3n) is 3.56. The van der Waals surface area contributed by atoms with Crippen LogP contribution in [0.5, 0.6) is 5.88 Å². The van der Waals surface area contributed by atoms with Crippen LogP contribution in [0, 0.1) is 10.1 Å². The van der Waals surface area contributed by atoms with E-state index in [1.165, 1.54) is 23.9 Å². The number of nitro benzene ring substituents is 1. The third kappa shape index (κ3) is 4.58. The molecule has 132 valence electrons. The minimum absolute atomic E-state index is 0.0831. The lowest BCUT2D eigenvalue weighted by molar-refractivity contribution is -0.384. The molecule has 0 atom stereocenters. The summed E-state index contributed by atoms with van der Waals surface area (Å²) in [5.74, 6) is 1.15. The molecule has 0 saturated heterocycles. The van der Waals surface area contributed by atoms with Crippen LogP contribution in [0.3, 0.4) is 0 Å². The van der Waals surface area contributed by atoms with Gasteiger partial charge >= 0.3 is 0 Å². The van der Waals surface area contributed by atoms with Gasteiger partial charge in [-0.1, -0.05) is 54.2 Å². The Bertz CT molecular complexity index is 886. The van der Waals surface area contributed by atoms with E-state index in [9.17, 15) is 10.1 Å². The first kappa shape index (κ1) is 17.9. The molecule has 3 aromatic rings. The first-order valence-electron chi connectivity index (χ1n) is 8.09. The van der Waals surface area contributed by atoms with Gasteiger partial charge in [0.2, 0.25) is 5.88 Å². The molecule has 0 bridgehead atoms. The summed E-state index contributed by atoms with van der Waals surface area (Å²) in [6.07, 6.45) is 0. The number of hydrogen-bond acceptors (Lipinski definition) is 6. The lowest BCUT2D eigenvalue weighted by Crippen LogP contribution is -1.99. The van der Waals surface area contributed by atoms with E-state index in [0.717, 1.165) is 16.8 Å². The van der Waals surface area contributed by atoms with Crippen LogP contribution in [0.15, 0.2) is 65.8 Å². The molecule has 0 spiro atoms. The molecule has 0 saturated carbocycles. The van der Waals surface area contributed by atoms with Crippen LogP contribution in [-0.2, 0) is 5.75 Å². The van der Waals surface area contributed by atoms with Gasteiger partial charge in [-0.25, -0.2) is 4.98 Å². The fourth-order valence-corrected chi connectivity index (χ4v) is 3.11. The number of thioether (sulfide) groups is 1. The lowest BCUT2D eigenvalue weighted by Gasteiger charge is -2.08. The zero-order chi connectivity index (χ0) is 18.4. The van der Waals surface area contributed by atoms with Gasteiger partial charge in [-0.3, -0.25) is 10.1 Å². The highest BCUT2D eigenvalue weighted by atomic mass is 32.2. The number of aromatic nitrogens is 2. The van der Waals surface area contributed by atoms with Crippen LogP contribution in [-0.4, -0.2) is 21.5 Å². The Morgan fingerprint density at radius 2 is 1.81 bits per heavy atom. The zero-order valence-corrected chi connectivity index (χ0v) is 15.0. The number of non-ortho nitro benzene ring substituents is 1. The average Bonchev–Trinajstić information content (AvgIpc) is 2.67. The Balaban J connectivity index is 1.80. The molecule has 0 aliphatic carbocycles. The van der Waals surface area contributed by atoms with Crippen molar-refractivity contribution >= 4 is 17.4 Å². The van der Waals surface area contributed by atoms with Gasteiger partial charge in [0.25, 0.3) is 5.69 Å². The van der Waals surface area contributed by atoms with Gasteiger partial charge in [-0.05, 0) is 12.5 Å². The molecule has 3 rings (SSSR count). The number of nitrogens with zero attached hydrogens (tertiary/aromatic N) is 3. The Hall–Kier alpha value is -2.93. The summed E-state index contributed by atoms with van der Waals surface area (Å²) >= 11 is 1.46. The number of ether oxygens (including phenoxy) is 1. The SMILES string of the molecule is CCOc1cc(-c2ccccc2)nc(SCc2ccc([N+](=O)[O-])cc2)n1. The molecular formula is C19H17N3O3S. The van der Waals surface area contributed by atoms with Gasteiger partial charge in [0, 0.05) is 29.5 Å². The van der Waals surface area contributed by atoms with Crippen molar-refractivity contribution < 1.29 is 9.66 Å². The summed E-state index contributed by atoms with van der Waals surface area (Å²) in [6, 6.07) is 18.2. The van der Waals surface area contributed by atoms with Crippen molar-refractivity contribution in [1.29, 1.82) is 0 Å². The van der Waals surface area contributed by atoms with Crippen LogP contribution in [0.2, 0.25) is 0 Å². The molecule has 0 aliphatic heterocycles. The fraction of sp³-hybridized carbons (Fsp3) is 0.158. The molecule has 2 aromatic carbocycles. The van der Waals surface area contributed by atoms with E-state index in [0.29, 0.717) is 23.4 Å². The largest absolute Gasteiger partial charge is 0.478 e. The van der Waals surface area contributed by atoms with E-state index in [2.05, 4.69) is 9.97 Å². The fourth-order valence-electron chi connectivity index (χ4n) is 2.31. The number of benzene rings is 2. The van der Waals surface area contributed by atoms with Crippen molar-refractivity contribution in [3.05, 3.63) is 76.3 Å². The predicted octanol–water partition coefficient (Wildman–Crippen LogP) is 4.74. The van der Waals surface area contributed by atoms with Crippen LogP contribution < -0.4 is 4.74 Å². The van der Waals surface area contributed by atoms with Crippen LogP contribution in [0.1, 0.15) is 12.5 Å². The highest BCUT2D eigenvalue weighted by Crippen LogP contribution is 2.27. The minimum Gasteiger partial charge on any atom is -0.478 e. The predicted molar refractivity (Wildman–Crippen MR) is 101 cm³/mol. The maximum Gasteiger partial charge on any atom is 0.269 e. The standard InChI is InChI=1S/C19H17N3O3S/c1-2-25-18-12-17(15-6-4-3-5-7-15)20-19(21-18)26-13-14-8-10-16(11-9-14)22(23)24/h3-12H,2,13H2,1H3. The van der Waals surface area contributed by atoms with Crippen molar-refractivity contribution in [2.24, 2.45) is 0 Å². The normalized spacial score (nSPS) is 10.5. The van der Waals surface area contributed by atoms with Crippen LogP contribution in [0.4, 0.5) is 5.69 Å². The van der Waals surface area contributed by atoms with E-state index < -0.39 is 4.92 Å². The molecule has 0 aliphatic rings. The van der Waals surface area contributed by atoms with Gasteiger partial charge < -0.3 is 4.74 Å². The van der Waals surface area contributed by atoms with Crippen LogP contribution >= 0.6 is 11.8 Å². The molecule has 0 N–H and O–H groups in total. The van der Waals surface area contributed by atoms with Crippen molar-refractivity contribution in [3.63, 3.8) is 0 Å². The van der Waals surface area contributed by atoms with Crippen molar-refractivity contribution in [3.8, 4) is 17.1 Å². The van der Waals surface area contributed by atoms with Gasteiger partial charge in [-0.15, -0.1) is 0 Å². The highest BCUT2D eigenvalue weighted by molar-refractivity contribution is 7.98.